The minimum Gasteiger partial charge on any atom is -0.489 e. The summed E-state index contributed by atoms with van der Waals surface area (Å²) in [4.78, 5) is 25.4. The number of fused-ring (bicyclic) bond motifs is 3. The highest BCUT2D eigenvalue weighted by Gasteiger charge is 2.20. The molecule has 36 heavy (non-hydrogen) atoms. The molecular weight excluding hydrogens is 520 g/mol. The number of hydrogen-bond acceptors (Lipinski definition) is 5. The van der Waals surface area contributed by atoms with Gasteiger partial charge in [-0.05, 0) is 65.0 Å². The second-order valence-corrected chi connectivity index (χ2v) is 9.80. The van der Waals surface area contributed by atoms with E-state index in [1.807, 2.05) is 30.3 Å². The van der Waals surface area contributed by atoms with Crippen LogP contribution in [0.5, 0.6) is 5.75 Å². The van der Waals surface area contributed by atoms with Crippen LogP contribution in [0.15, 0.2) is 69.6 Å². The van der Waals surface area contributed by atoms with Crippen LogP contribution in [0.1, 0.15) is 50.4 Å². The lowest BCUT2D eigenvalue weighted by Gasteiger charge is -2.11. The maximum atomic E-state index is 12.9. The highest BCUT2D eigenvalue weighted by molar-refractivity contribution is 9.10. The molecule has 0 fully saturated rings. The molecule has 0 spiro atoms. The molecule has 1 aromatic heterocycles. The Morgan fingerprint density at radius 1 is 1.03 bits per heavy atom. The number of anilines is 1. The van der Waals surface area contributed by atoms with Crippen molar-refractivity contribution >= 4 is 44.3 Å². The number of carbonyl (C=O) groups excluding carboxylic acids is 2. The summed E-state index contributed by atoms with van der Waals surface area (Å²) in [5, 5.41) is 3.87. The van der Waals surface area contributed by atoms with Gasteiger partial charge in [-0.3, -0.25) is 9.59 Å². The van der Waals surface area contributed by atoms with Crippen molar-refractivity contribution in [1.29, 1.82) is 0 Å². The van der Waals surface area contributed by atoms with Gasteiger partial charge in [0.15, 0.2) is 17.1 Å². The van der Waals surface area contributed by atoms with Crippen molar-refractivity contribution in [2.24, 2.45) is 0 Å². The fourth-order valence-corrected chi connectivity index (χ4v) is 4.92. The van der Waals surface area contributed by atoms with Crippen molar-refractivity contribution in [2.75, 3.05) is 18.9 Å². The number of nitrogen functional groups attached to an aromatic ring is 1. The summed E-state index contributed by atoms with van der Waals surface area (Å²) in [6.07, 6.45) is 4.91. The van der Waals surface area contributed by atoms with Crippen LogP contribution < -0.4 is 15.8 Å². The number of nitrogens with two attached hydrogens (primary N) is 1. The molecule has 3 N–H and O–H groups in total. The summed E-state index contributed by atoms with van der Waals surface area (Å²) in [5.74, 6) is 1.29. The van der Waals surface area contributed by atoms with Crippen LogP contribution in [0.3, 0.4) is 0 Å². The maximum Gasteiger partial charge on any atom is 0.251 e. The van der Waals surface area contributed by atoms with E-state index in [-0.39, 0.29) is 18.2 Å². The first kappa shape index (κ1) is 24.1. The van der Waals surface area contributed by atoms with Crippen LogP contribution in [0.2, 0.25) is 0 Å². The number of furan rings is 1. The van der Waals surface area contributed by atoms with Gasteiger partial charge in [0.1, 0.15) is 5.76 Å². The SMILES string of the molecule is Nc1cc(C(=O)CNC(=O)c2ccccc2CCOc2cccc3c4c(oc23)CCCC4)ccc1Br. The Labute approximate surface area is 217 Å². The quantitative estimate of drug-likeness (QED) is 0.212. The summed E-state index contributed by atoms with van der Waals surface area (Å²) in [6, 6.07) is 18.4. The van der Waals surface area contributed by atoms with E-state index in [1.165, 1.54) is 12.0 Å². The first-order chi connectivity index (χ1) is 17.5. The molecule has 0 saturated carbocycles. The lowest BCUT2D eigenvalue weighted by Crippen LogP contribution is -2.30. The number of ketones is 1. The summed E-state index contributed by atoms with van der Waals surface area (Å²) >= 11 is 3.32. The Morgan fingerprint density at radius 2 is 1.86 bits per heavy atom. The van der Waals surface area contributed by atoms with Crippen molar-refractivity contribution in [2.45, 2.75) is 32.1 Å². The Balaban J connectivity index is 1.23. The van der Waals surface area contributed by atoms with E-state index in [4.69, 9.17) is 14.9 Å². The van der Waals surface area contributed by atoms with Crippen LogP contribution in [-0.4, -0.2) is 24.8 Å². The summed E-state index contributed by atoms with van der Waals surface area (Å²) in [6.45, 7) is 0.280. The van der Waals surface area contributed by atoms with E-state index in [1.54, 1.807) is 24.3 Å². The van der Waals surface area contributed by atoms with E-state index in [2.05, 4.69) is 27.3 Å². The predicted molar refractivity (Wildman–Crippen MR) is 144 cm³/mol. The lowest BCUT2D eigenvalue weighted by molar-refractivity contribution is 0.0903. The van der Waals surface area contributed by atoms with Crippen molar-refractivity contribution < 1.29 is 18.7 Å². The first-order valence-corrected chi connectivity index (χ1v) is 12.9. The molecule has 1 heterocycles. The topological polar surface area (TPSA) is 94.6 Å². The molecule has 0 unspecified atom stereocenters. The van der Waals surface area contributed by atoms with Crippen molar-refractivity contribution in [3.05, 3.63) is 93.2 Å². The molecule has 0 aliphatic heterocycles. The summed E-state index contributed by atoms with van der Waals surface area (Å²) < 4.78 is 13.0. The number of halogens is 1. The Morgan fingerprint density at radius 3 is 2.72 bits per heavy atom. The average molecular weight is 547 g/mol. The second-order valence-electron chi connectivity index (χ2n) is 8.94. The van der Waals surface area contributed by atoms with E-state index in [9.17, 15) is 9.59 Å². The Hall–Kier alpha value is -3.58. The number of rotatable bonds is 8. The molecule has 0 bridgehead atoms. The number of Topliss-reactive ketones (excluding diaryl/α,β-unsaturated/α-hetero) is 1. The van der Waals surface area contributed by atoms with Gasteiger partial charge in [-0.15, -0.1) is 0 Å². The van der Waals surface area contributed by atoms with Gasteiger partial charge < -0.3 is 20.2 Å². The normalized spacial score (nSPS) is 12.8. The van der Waals surface area contributed by atoms with Crippen molar-refractivity contribution in [3.8, 4) is 5.75 Å². The minimum atomic E-state index is -0.301. The van der Waals surface area contributed by atoms with Gasteiger partial charge in [-0.2, -0.15) is 0 Å². The molecule has 3 aromatic carbocycles. The number of amides is 1. The van der Waals surface area contributed by atoms with Gasteiger partial charge in [0.2, 0.25) is 0 Å². The third kappa shape index (κ3) is 5.02. The number of benzene rings is 3. The fourth-order valence-electron chi connectivity index (χ4n) is 4.68. The number of ether oxygens (including phenoxy) is 1. The third-order valence-corrected chi connectivity index (χ3v) is 7.29. The number of nitrogens with one attached hydrogen (secondary N) is 1. The smallest absolute Gasteiger partial charge is 0.251 e. The van der Waals surface area contributed by atoms with Gasteiger partial charge in [-0.25, -0.2) is 0 Å². The van der Waals surface area contributed by atoms with Crippen LogP contribution in [0.4, 0.5) is 5.69 Å². The number of aryl methyl sites for hydroxylation is 2. The Bertz CT molecular complexity index is 1440. The fraction of sp³-hybridized carbons (Fsp3) is 0.241. The zero-order chi connectivity index (χ0) is 25.1. The van der Waals surface area contributed by atoms with Crippen molar-refractivity contribution in [1.82, 2.24) is 5.32 Å². The highest BCUT2D eigenvalue weighted by atomic mass is 79.9. The zero-order valence-electron chi connectivity index (χ0n) is 19.8. The van der Waals surface area contributed by atoms with Gasteiger partial charge in [0.25, 0.3) is 5.91 Å². The molecule has 1 aliphatic rings. The highest BCUT2D eigenvalue weighted by Crippen LogP contribution is 2.36. The van der Waals surface area contributed by atoms with Gasteiger partial charge in [-0.1, -0.05) is 36.4 Å². The zero-order valence-corrected chi connectivity index (χ0v) is 21.4. The monoisotopic (exact) mass is 546 g/mol. The molecule has 5 rings (SSSR count). The van der Waals surface area contributed by atoms with E-state index < -0.39 is 0 Å². The second kappa shape index (κ2) is 10.6. The van der Waals surface area contributed by atoms with Crippen LogP contribution >= 0.6 is 15.9 Å². The number of carbonyl (C=O) groups is 2. The largest absolute Gasteiger partial charge is 0.489 e. The van der Waals surface area contributed by atoms with E-state index >= 15 is 0 Å². The van der Waals surface area contributed by atoms with Crippen molar-refractivity contribution in [3.63, 3.8) is 0 Å². The predicted octanol–water partition coefficient (Wildman–Crippen LogP) is 5.89. The maximum absolute atomic E-state index is 12.9. The minimum absolute atomic E-state index is 0.115. The standard InChI is InChI=1S/C29H27BrN2O4/c30-23-13-12-19(16-24(23)31)25(33)17-32-29(34)20-7-2-1-6-18(20)14-15-35-27-11-5-9-22-21-8-3-4-10-26(21)36-28(22)27/h1-2,5-7,9,11-13,16H,3-4,8,10,14-15,17,31H2,(H,32,34). The molecule has 1 aliphatic carbocycles. The molecule has 6 nitrogen and oxygen atoms in total. The van der Waals surface area contributed by atoms with E-state index in [0.29, 0.717) is 29.8 Å². The average Bonchev–Trinajstić information content (AvgIpc) is 3.28. The van der Waals surface area contributed by atoms with E-state index in [0.717, 1.165) is 51.8 Å². The summed E-state index contributed by atoms with van der Waals surface area (Å²) in [7, 11) is 0. The molecule has 4 aromatic rings. The molecule has 0 atom stereocenters. The first-order valence-electron chi connectivity index (χ1n) is 12.1. The van der Waals surface area contributed by atoms with Crippen LogP contribution in [-0.2, 0) is 19.3 Å². The molecule has 0 radical (unpaired) electrons. The summed E-state index contributed by atoms with van der Waals surface area (Å²) in [5.41, 5.74) is 10.3. The molecule has 184 valence electrons. The Kier molecular flexibility index (Phi) is 7.09. The lowest BCUT2D eigenvalue weighted by atomic mass is 9.96. The molecule has 1 amide bonds. The van der Waals surface area contributed by atoms with Crippen LogP contribution in [0, 0.1) is 0 Å². The number of para-hydroxylation sites is 1. The van der Waals surface area contributed by atoms with Gasteiger partial charge >= 0.3 is 0 Å². The molecular formula is C29H27BrN2O4. The molecule has 0 saturated heterocycles. The molecule has 7 heteroatoms. The van der Waals surface area contributed by atoms with Crippen LogP contribution in [0.25, 0.3) is 11.0 Å². The van der Waals surface area contributed by atoms with Gasteiger partial charge in [0, 0.05) is 45.1 Å². The van der Waals surface area contributed by atoms with Gasteiger partial charge in [0.05, 0.1) is 13.2 Å². The number of hydrogen-bond donors (Lipinski definition) is 2. The third-order valence-electron chi connectivity index (χ3n) is 6.56.